The first-order chi connectivity index (χ1) is 13.2. The highest BCUT2D eigenvalue weighted by molar-refractivity contribution is 14.0. The molecule has 0 amide bonds. The fraction of sp³-hybridized carbons (Fsp3) is 0.632. The van der Waals surface area contributed by atoms with Gasteiger partial charge in [0.1, 0.15) is 12.4 Å². The van der Waals surface area contributed by atoms with Gasteiger partial charge in [-0.2, -0.15) is 0 Å². The van der Waals surface area contributed by atoms with E-state index in [-0.39, 0.29) is 24.0 Å². The van der Waals surface area contributed by atoms with Crippen molar-refractivity contribution >= 4 is 41.3 Å². The van der Waals surface area contributed by atoms with Gasteiger partial charge in [0.2, 0.25) is 0 Å². The van der Waals surface area contributed by atoms with Crippen LogP contribution >= 0.6 is 35.3 Å². The number of aryl methyl sites for hydroxylation is 1. The van der Waals surface area contributed by atoms with Gasteiger partial charge in [-0.25, -0.2) is 4.99 Å². The van der Waals surface area contributed by atoms with Gasteiger partial charge < -0.3 is 15.2 Å². The van der Waals surface area contributed by atoms with E-state index in [0.29, 0.717) is 12.6 Å². The number of nitrogens with one attached hydrogen (secondary N) is 2. The summed E-state index contributed by atoms with van der Waals surface area (Å²) in [5, 5.41) is 17.5. The van der Waals surface area contributed by atoms with Crippen LogP contribution in [0.3, 0.4) is 0 Å². The van der Waals surface area contributed by atoms with Crippen molar-refractivity contribution in [3.05, 3.63) is 34.0 Å². The maximum Gasteiger partial charge on any atom is 0.191 e. The number of thiophene rings is 1. The van der Waals surface area contributed by atoms with Gasteiger partial charge in [0.05, 0.1) is 0 Å². The fourth-order valence-electron chi connectivity index (χ4n) is 3.43. The molecular weight excluding hydrogens is 485 g/mol. The summed E-state index contributed by atoms with van der Waals surface area (Å²) in [7, 11) is 1.98. The zero-order chi connectivity index (χ0) is 19.1. The monoisotopic (exact) mass is 517 g/mol. The van der Waals surface area contributed by atoms with Crippen molar-refractivity contribution in [2.45, 2.75) is 45.7 Å². The summed E-state index contributed by atoms with van der Waals surface area (Å²) < 4.78 is 1.99. The summed E-state index contributed by atoms with van der Waals surface area (Å²) in [5.41, 5.74) is 0. The lowest BCUT2D eigenvalue weighted by Gasteiger charge is -2.24. The summed E-state index contributed by atoms with van der Waals surface area (Å²) in [6, 6.07) is 4.87. The molecule has 1 fully saturated rings. The van der Waals surface area contributed by atoms with Gasteiger partial charge in [-0.3, -0.25) is 4.90 Å². The van der Waals surface area contributed by atoms with Crippen LogP contribution in [0.25, 0.3) is 0 Å². The molecule has 1 unspecified atom stereocenters. The van der Waals surface area contributed by atoms with Crippen molar-refractivity contribution in [3.8, 4) is 0 Å². The normalized spacial score (nSPS) is 17.5. The lowest BCUT2D eigenvalue weighted by atomic mass is 10.2. The Balaban J connectivity index is 0.00000280. The molecule has 0 aromatic carbocycles. The Labute approximate surface area is 189 Å². The number of aromatic nitrogens is 3. The molecule has 9 heteroatoms. The molecular formula is C19H32IN7S. The maximum atomic E-state index is 4.75. The molecule has 3 heterocycles. The minimum absolute atomic E-state index is 0. The highest BCUT2D eigenvalue weighted by Gasteiger charge is 2.22. The number of likely N-dealkylation sites (N-methyl/N-ethyl adjacent to an activating group) is 1. The summed E-state index contributed by atoms with van der Waals surface area (Å²) in [5.74, 6) is 2.64. The van der Waals surface area contributed by atoms with E-state index in [1.807, 2.05) is 18.5 Å². The van der Waals surface area contributed by atoms with Crippen LogP contribution < -0.4 is 10.6 Å². The summed E-state index contributed by atoms with van der Waals surface area (Å²) in [4.78, 5) is 8.69. The first-order valence-electron chi connectivity index (χ1n) is 9.81. The smallest absolute Gasteiger partial charge is 0.191 e. The second-order valence-electron chi connectivity index (χ2n) is 6.95. The number of likely N-dealkylation sites (tertiary alicyclic amines) is 1. The van der Waals surface area contributed by atoms with Gasteiger partial charge in [-0.1, -0.05) is 13.0 Å². The van der Waals surface area contributed by atoms with Crippen molar-refractivity contribution < 1.29 is 0 Å². The van der Waals surface area contributed by atoms with Crippen LogP contribution in [0.1, 0.15) is 36.3 Å². The van der Waals surface area contributed by atoms with Crippen LogP contribution in [0.15, 0.2) is 22.5 Å². The van der Waals surface area contributed by atoms with Gasteiger partial charge in [0, 0.05) is 31.1 Å². The number of nitrogens with zero attached hydrogens (tertiary/aromatic N) is 5. The molecule has 1 atom stereocenters. The maximum absolute atomic E-state index is 4.75. The Morgan fingerprint density at radius 1 is 1.36 bits per heavy atom. The number of aliphatic imine (C=N–C) groups is 1. The number of hydrogen-bond donors (Lipinski definition) is 2. The molecule has 0 aliphatic carbocycles. The number of guanidine groups is 1. The Morgan fingerprint density at radius 3 is 2.89 bits per heavy atom. The van der Waals surface area contributed by atoms with E-state index in [4.69, 9.17) is 4.99 Å². The third-order valence-electron chi connectivity index (χ3n) is 5.22. The van der Waals surface area contributed by atoms with Crippen molar-refractivity contribution in [2.75, 3.05) is 26.2 Å². The van der Waals surface area contributed by atoms with E-state index in [1.165, 1.54) is 24.3 Å². The fourth-order valence-corrected chi connectivity index (χ4v) is 4.14. The summed E-state index contributed by atoms with van der Waals surface area (Å²) in [6.07, 6.45) is 3.55. The molecule has 2 N–H and O–H groups in total. The lowest BCUT2D eigenvalue weighted by Crippen LogP contribution is -2.45. The summed E-state index contributed by atoms with van der Waals surface area (Å²) in [6.45, 7) is 8.83. The van der Waals surface area contributed by atoms with Gasteiger partial charge in [-0.05, 0) is 50.7 Å². The molecule has 1 aliphatic heterocycles. The van der Waals surface area contributed by atoms with E-state index in [0.717, 1.165) is 43.7 Å². The van der Waals surface area contributed by atoms with Crippen molar-refractivity contribution in [1.29, 1.82) is 0 Å². The van der Waals surface area contributed by atoms with Crippen LogP contribution in [0.2, 0.25) is 0 Å². The molecule has 3 rings (SSSR count). The molecule has 0 spiro atoms. The largest absolute Gasteiger partial charge is 0.356 e. The van der Waals surface area contributed by atoms with Crippen molar-refractivity contribution in [2.24, 2.45) is 12.0 Å². The van der Waals surface area contributed by atoms with E-state index < -0.39 is 0 Å². The van der Waals surface area contributed by atoms with E-state index in [2.05, 4.69) is 50.2 Å². The molecule has 7 nitrogen and oxygen atoms in total. The molecule has 2 aromatic heterocycles. The molecule has 0 bridgehead atoms. The van der Waals surface area contributed by atoms with Gasteiger partial charge in [-0.15, -0.1) is 45.5 Å². The number of hydrogen-bond acceptors (Lipinski definition) is 5. The molecule has 1 saturated heterocycles. The van der Waals surface area contributed by atoms with Crippen LogP contribution in [0.4, 0.5) is 0 Å². The second kappa shape index (κ2) is 11.7. The predicted octanol–water partition coefficient (Wildman–Crippen LogP) is 2.57. The Hall–Kier alpha value is -1.20. The van der Waals surface area contributed by atoms with Crippen LogP contribution in [-0.2, 0) is 20.0 Å². The third-order valence-corrected chi connectivity index (χ3v) is 6.15. The quantitative estimate of drug-likeness (QED) is 0.320. The van der Waals surface area contributed by atoms with E-state index >= 15 is 0 Å². The minimum atomic E-state index is 0. The molecule has 28 heavy (non-hydrogen) atoms. The predicted molar refractivity (Wildman–Crippen MR) is 127 cm³/mol. The van der Waals surface area contributed by atoms with Crippen molar-refractivity contribution in [3.63, 3.8) is 0 Å². The second-order valence-corrected chi connectivity index (χ2v) is 7.98. The highest BCUT2D eigenvalue weighted by Crippen LogP contribution is 2.15. The third kappa shape index (κ3) is 6.41. The van der Waals surface area contributed by atoms with Gasteiger partial charge in [0.25, 0.3) is 0 Å². The van der Waals surface area contributed by atoms with Crippen LogP contribution in [0, 0.1) is 6.92 Å². The van der Waals surface area contributed by atoms with Crippen LogP contribution in [-0.4, -0.2) is 57.8 Å². The zero-order valence-electron chi connectivity index (χ0n) is 17.0. The SMILES string of the molecule is CCN1CCCC1CNC(=NCc1nnc(C)n1C)NCCc1cccs1.I. The first kappa shape index (κ1) is 23.1. The zero-order valence-corrected chi connectivity index (χ0v) is 20.2. The van der Waals surface area contributed by atoms with Crippen molar-refractivity contribution in [1.82, 2.24) is 30.3 Å². The topological polar surface area (TPSA) is 70.4 Å². The lowest BCUT2D eigenvalue weighted by molar-refractivity contribution is 0.267. The Morgan fingerprint density at radius 2 is 2.21 bits per heavy atom. The number of rotatable bonds is 8. The molecule has 0 saturated carbocycles. The minimum Gasteiger partial charge on any atom is -0.356 e. The first-order valence-corrected chi connectivity index (χ1v) is 10.7. The van der Waals surface area contributed by atoms with Crippen LogP contribution in [0.5, 0.6) is 0 Å². The molecule has 156 valence electrons. The average molecular weight is 517 g/mol. The van der Waals surface area contributed by atoms with Gasteiger partial charge >= 0.3 is 0 Å². The Kier molecular flexibility index (Phi) is 9.66. The van der Waals surface area contributed by atoms with E-state index in [9.17, 15) is 0 Å². The Bertz CT molecular complexity index is 729. The molecule has 2 aromatic rings. The summed E-state index contributed by atoms with van der Waals surface area (Å²) >= 11 is 1.80. The number of halogens is 1. The molecule has 1 aliphatic rings. The van der Waals surface area contributed by atoms with Gasteiger partial charge in [0.15, 0.2) is 11.8 Å². The standard InChI is InChI=1S/C19H31N7S.HI/c1-4-26-11-5-7-16(26)13-21-19(20-10-9-17-8-6-12-27-17)22-14-18-24-23-15(2)25(18)3;/h6,8,12,16H,4-5,7,9-11,13-14H2,1-3H3,(H2,20,21,22);1H. The average Bonchev–Trinajstić information content (AvgIpc) is 3.41. The molecule has 0 radical (unpaired) electrons. The van der Waals surface area contributed by atoms with E-state index in [1.54, 1.807) is 11.3 Å². The highest BCUT2D eigenvalue weighted by atomic mass is 127.